The van der Waals surface area contributed by atoms with Gasteiger partial charge in [0.25, 0.3) is 0 Å². The van der Waals surface area contributed by atoms with Gasteiger partial charge in [0.15, 0.2) is 0 Å². The number of rotatable bonds is 4. The van der Waals surface area contributed by atoms with Crippen molar-refractivity contribution >= 4 is 21.6 Å². The van der Waals surface area contributed by atoms with E-state index in [0.29, 0.717) is 11.6 Å². The van der Waals surface area contributed by atoms with Crippen LogP contribution in [0, 0.1) is 18.8 Å². The summed E-state index contributed by atoms with van der Waals surface area (Å²) in [6.45, 7) is 3.70. The van der Waals surface area contributed by atoms with Gasteiger partial charge < -0.3 is 5.32 Å². The van der Waals surface area contributed by atoms with Crippen molar-refractivity contribution in [3.8, 4) is 0 Å². The maximum Gasteiger partial charge on any atom is 0.238 e. The van der Waals surface area contributed by atoms with Crippen LogP contribution in [-0.2, 0) is 14.8 Å². The number of carbonyl (C=O) groups is 1. The zero-order valence-electron chi connectivity index (χ0n) is 11.0. The van der Waals surface area contributed by atoms with Gasteiger partial charge >= 0.3 is 0 Å². The van der Waals surface area contributed by atoms with E-state index in [0.717, 1.165) is 18.4 Å². The SMILES string of the molecule is Cc1ccc(S(N)(=O)=O)cc1NC(=O)C(C)C1CC1. The highest BCUT2D eigenvalue weighted by Crippen LogP contribution is 2.37. The third-order valence-electron chi connectivity index (χ3n) is 3.54. The molecule has 6 heteroatoms. The zero-order valence-corrected chi connectivity index (χ0v) is 11.8. The molecule has 5 nitrogen and oxygen atoms in total. The van der Waals surface area contributed by atoms with Crippen molar-refractivity contribution in [1.82, 2.24) is 0 Å². The van der Waals surface area contributed by atoms with Crippen LogP contribution in [0.25, 0.3) is 0 Å². The van der Waals surface area contributed by atoms with Gasteiger partial charge in [-0.05, 0) is 43.4 Å². The standard InChI is InChI=1S/C13H18N2O3S/c1-8-3-6-11(19(14,17)18)7-12(8)15-13(16)9(2)10-4-5-10/h3,6-7,9-10H,4-5H2,1-2H3,(H,15,16)(H2,14,17,18). The first-order valence-electron chi connectivity index (χ1n) is 6.23. The summed E-state index contributed by atoms with van der Waals surface area (Å²) < 4.78 is 22.6. The molecule has 1 aliphatic rings. The number of amides is 1. The van der Waals surface area contributed by atoms with E-state index in [-0.39, 0.29) is 16.7 Å². The number of nitrogens with one attached hydrogen (secondary N) is 1. The summed E-state index contributed by atoms with van der Waals surface area (Å²) in [6.07, 6.45) is 2.18. The van der Waals surface area contributed by atoms with Crippen LogP contribution in [0.4, 0.5) is 5.69 Å². The molecule has 0 saturated heterocycles. The number of hydrogen-bond donors (Lipinski definition) is 2. The molecule has 1 amide bonds. The predicted molar refractivity (Wildman–Crippen MR) is 73.1 cm³/mol. The van der Waals surface area contributed by atoms with Gasteiger partial charge in [-0.25, -0.2) is 13.6 Å². The van der Waals surface area contributed by atoms with E-state index in [9.17, 15) is 13.2 Å². The fourth-order valence-corrected chi connectivity index (χ4v) is 2.51. The van der Waals surface area contributed by atoms with Gasteiger partial charge in [-0.2, -0.15) is 0 Å². The Balaban J connectivity index is 2.21. The molecule has 3 N–H and O–H groups in total. The van der Waals surface area contributed by atoms with Crippen LogP contribution in [0.15, 0.2) is 23.1 Å². The number of sulfonamides is 1. The fraction of sp³-hybridized carbons (Fsp3) is 0.462. The molecule has 0 radical (unpaired) electrons. The Labute approximate surface area is 113 Å². The van der Waals surface area contributed by atoms with E-state index in [1.54, 1.807) is 6.07 Å². The molecular weight excluding hydrogens is 264 g/mol. The second-order valence-electron chi connectivity index (χ2n) is 5.14. The third kappa shape index (κ3) is 3.33. The van der Waals surface area contributed by atoms with Gasteiger partial charge in [-0.15, -0.1) is 0 Å². The van der Waals surface area contributed by atoms with Crippen molar-refractivity contribution in [1.29, 1.82) is 0 Å². The average molecular weight is 282 g/mol. The van der Waals surface area contributed by atoms with Crippen LogP contribution < -0.4 is 10.5 Å². The maximum atomic E-state index is 12.0. The summed E-state index contributed by atoms with van der Waals surface area (Å²) in [5.41, 5.74) is 1.31. The van der Waals surface area contributed by atoms with Gasteiger partial charge in [0, 0.05) is 11.6 Å². The lowest BCUT2D eigenvalue weighted by atomic mass is 10.1. The Morgan fingerprint density at radius 3 is 2.58 bits per heavy atom. The summed E-state index contributed by atoms with van der Waals surface area (Å²) in [7, 11) is -3.75. The highest BCUT2D eigenvalue weighted by Gasteiger charge is 2.32. The fourth-order valence-electron chi connectivity index (χ4n) is 1.97. The topological polar surface area (TPSA) is 89.3 Å². The van der Waals surface area contributed by atoms with Crippen molar-refractivity contribution in [2.75, 3.05) is 5.32 Å². The molecule has 1 saturated carbocycles. The molecule has 1 aliphatic carbocycles. The molecule has 2 rings (SSSR count). The Bertz CT molecular complexity index is 606. The zero-order chi connectivity index (χ0) is 14.2. The molecule has 1 aromatic carbocycles. The first-order chi connectivity index (χ1) is 8.79. The van der Waals surface area contributed by atoms with E-state index in [1.165, 1.54) is 12.1 Å². The van der Waals surface area contributed by atoms with Gasteiger partial charge in [0.2, 0.25) is 15.9 Å². The maximum absolute atomic E-state index is 12.0. The van der Waals surface area contributed by atoms with Crippen LogP contribution in [0.2, 0.25) is 0 Å². The Kier molecular flexibility index (Phi) is 3.64. The quantitative estimate of drug-likeness (QED) is 0.879. The lowest BCUT2D eigenvalue weighted by Crippen LogP contribution is -2.22. The van der Waals surface area contributed by atoms with E-state index >= 15 is 0 Å². The predicted octanol–water partition coefficient (Wildman–Crippen LogP) is 1.63. The largest absolute Gasteiger partial charge is 0.326 e. The molecule has 0 aliphatic heterocycles. The van der Waals surface area contributed by atoms with Gasteiger partial charge in [-0.3, -0.25) is 4.79 Å². The van der Waals surface area contributed by atoms with Gasteiger partial charge in [0.05, 0.1) is 4.90 Å². The second kappa shape index (κ2) is 4.94. The number of benzene rings is 1. The van der Waals surface area contributed by atoms with Crippen LogP contribution in [0.1, 0.15) is 25.3 Å². The minimum Gasteiger partial charge on any atom is -0.326 e. The highest BCUT2D eigenvalue weighted by molar-refractivity contribution is 7.89. The third-order valence-corrected chi connectivity index (χ3v) is 4.45. The van der Waals surface area contributed by atoms with Crippen molar-refractivity contribution in [2.45, 2.75) is 31.6 Å². The summed E-state index contributed by atoms with van der Waals surface area (Å²) in [4.78, 5) is 12.0. The molecule has 0 bridgehead atoms. The first-order valence-corrected chi connectivity index (χ1v) is 7.78. The molecule has 0 aromatic heterocycles. The number of hydrogen-bond acceptors (Lipinski definition) is 3. The van der Waals surface area contributed by atoms with Gasteiger partial charge in [0.1, 0.15) is 0 Å². The number of nitrogens with two attached hydrogens (primary N) is 1. The molecule has 1 fully saturated rings. The Morgan fingerprint density at radius 1 is 1.42 bits per heavy atom. The van der Waals surface area contributed by atoms with Crippen LogP contribution in [-0.4, -0.2) is 14.3 Å². The molecule has 19 heavy (non-hydrogen) atoms. The molecule has 0 spiro atoms. The average Bonchev–Trinajstić information content (AvgIpc) is 3.13. The Morgan fingerprint density at radius 2 is 2.05 bits per heavy atom. The summed E-state index contributed by atoms with van der Waals surface area (Å²) >= 11 is 0. The van der Waals surface area contributed by atoms with E-state index in [1.807, 2.05) is 13.8 Å². The molecule has 1 unspecified atom stereocenters. The summed E-state index contributed by atoms with van der Waals surface area (Å²) in [6, 6.07) is 4.48. The van der Waals surface area contributed by atoms with Crippen LogP contribution in [0.3, 0.4) is 0 Å². The summed E-state index contributed by atoms with van der Waals surface area (Å²) in [5, 5.41) is 7.87. The van der Waals surface area contributed by atoms with Crippen molar-refractivity contribution in [3.05, 3.63) is 23.8 Å². The minimum atomic E-state index is -3.75. The molecule has 1 atom stereocenters. The minimum absolute atomic E-state index is 0.00692. The first kappa shape index (κ1) is 14.0. The van der Waals surface area contributed by atoms with E-state index in [2.05, 4.69) is 5.32 Å². The van der Waals surface area contributed by atoms with Crippen molar-refractivity contribution in [3.63, 3.8) is 0 Å². The van der Waals surface area contributed by atoms with Crippen molar-refractivity contribution < 1.29 is 13.2 Å². The number of primary sulfonamides is 1. The van der Waals surface area contributed by atoms with E-state index in [4.69, 9.17) is 5.14 Å². The number of aryl methyl sites for hydroxylation is 1. The lowest BCUT2D eigenvalue weighted by molar-refractivity contribution is -0.119. The Hall–Kier alpha value is -1.40. The second-order valence-corrected chi connectivity index (χ2v) is 6.70. The molecule has 1 aromatic rings. The summed E-state index contributed by atoms with van der Waals surface area (Å²) in [5.74, 6) is 0.344. The highest BCUT2D eigenvalue weighted by atomic mass is 32.2. The number of carbonyl (C=O) groups excluding carboxylic acids is 1. The van der Waals surface area contributed by atoms with Crippen LogP contribution >= 0.6 is 0 Å². The van der Waals surface area contributed by atoms with E-state index < -0.39 is 10.0 Å². The molecule has 0 heterocycles. The lowest BCUT2D eigenvalue weighted by Gasteiger charge is -2.13. The molecule has 104 valence electrons. The van der Waals surface area contributed by atoms with Crippen molar-refractivity contribution in [2.24, 2.45) is 17.0 Å². The normalized spacial score (nSPS) is 17.0. The van der Waals surface area contributed by atoms with Gasteiger partial charge in [-0.1, -0.05) is 13.0 Å². The molecular formula is C13H18N2O3S. The van der Waals surface area contributed by atoms with Crippen LogP contribution in [0.5, 0.6) is 0 Å². The number of anilines is 1. The smallest absolute Gasteiger partial charge is 0.238 e. The monoisotopic (exact) mass is 282 g/mol.